The zero-order valence-electron chi connectivity index (χ0n) is 9.71. The van der Waals surface area contributed by atoms with Crippen molar-refractivity contribution in [1.82, 2.24) is 10.1 Å². The summed E-state index contributed by atoms with van der Waals surface area (Å²) in [6, 6.07) is 0. The van der Waals surface area contributed by atoms with Gasteiger partial charge in [0.2, 0.25) is 5.89 Å². The molecule has 0 spiro atoms. The molecule has 1 aliphatic carbocycles. The molecule has 2 N–H and O–H groups in total. The Morgan fingerprint density at radius 3 is 2.33 bits per heavy atom. The third-order valence-electron chi connectivity index (χ3n) is 3.01. The third kappa shape index (κ3) is 1.91. The lowest BCUT2D eigenvalue weighted by molar-refractivity contribution is 0.309. The van der Waals surface area contributed by atoms with Gasteiger partial charge in [-0.2, -0.15) is 4.98 Å². The number of rotatable bonds is 1. The number of hydrogen-bond acceptors (Lipinski definition) is 4. The first-order valence-electron chi connectivity index (χ1n) is 5.55. The van der Waals surface area contributed by atoms with E-state index in [2.05, 4.69) is 30.9 Å². The van der Waals surface area contributed by atoms with Gasteiger partial charge in [0.05, 0.1) is 5.54 Å². The fraction of sp³-hybridized carbons (Fsp3) is 0.818. The monoisotopic (exact) mass is 209 g/mol. The highest BCUT2D eigenvalue weighted by Gasteiger charge is 2.37. The largest absolute Gasteiger partial charge is 0.339 e. The molecule has 1 aliphatic rings. The second-order valence-electron chi connectivity index (χ2n) is 5.54. The van der Waals surface area contributed by atoms with Crippen molar-refractivity contribution in [2.45, 2.75) is 57.4 Å². The topological polar surface area (TPSA) is 64.9 Å². The highest BCUT2D eigenvalue weighted by Crippen LogP contribution is 2.35. The fourth-order valence-electron chi connectivity index (χ4n) is 1.96. The molecule has 1 aromatic rings. The zero-order valence-corrected chi connectivity index (χ0v) is 9.71. The average molecular weight is 209 g/mol. The first-order chi connectivity index (χ1) is 6.92. The summed E-state index contributed by atoms with van der Waals surface area (Å²) in [6.45, 7) is 6.17. The molecule has 1 aromatic heterocycles. The van der Waals surface area contributed by atoms with Crippen LogP contribution in [0.5, 0.6) is 0 Å². The van der Waals surface area contributed by atoms with Crippen LogP contribution in [0.25, 0.3) is 0 Å². The van der Waals surface area contributed by atoms with Gasteiger partial charge in [-0.3, -0.25) is 0 Å². The molecule has 1 saturated carbocycles. The Hall–Kier alpha value is -0.900. The summed E-state index contributed by atoms with van der Waals surface area (Å²) in [6.07, 6.45) is 4.26. The Morgan fingerprint density at radius 2 is 1.87 bits per heavy atom. The van der Waals surface area contributed by atoms with Gasteiger partial charge in [0, 0.05) is 5.41 Å². The molecule has 0 radical (unpaired) electrons. The predicted octanol–water partition coefficient (Wildman–Crippen LogP) is 2.10. The van der Waals surface area contributed by atoms with Crippen molar-refractivity contribution in [3.05, 3.63) is 11.7 Å². The van der Waals surface area contributed by atoms with Crippen LogP contribution >= 0.6 is 0 Å². The smallest absolute Gasteiger partial charge is 0.232 e. The van der Waals surface area contributed by atoms with E-state index in [4.69, 9.17) is 10.3 Å². The standard InChI is InChI=1S/C11H19N3O/c1-10(2,3)9-13-8(14-15-9)11(12)6-4-5-7-11/h4-7,12H2,1-3H3. The molecule has 0 amide bonds. The van der Waals surface area contributed by atoms with Gasteiger partial charge in [-0.1, -0.05) is 38.8 Å². The minimum Gasteiger partial charge on any atom is -0.339 e. The number of hydrogen-bond donors (Lipinski definition) is 1. The lowest BCUT2D eigenvalue weighted by atomic mass is 9.96. The number of nitrogens with two attached hydrogens (primary N) is 1. The Morgan fingerprint density at radius 1 is 1.27 bits per heavy atom. The summed E-state index contributed by atoms with van der Waals surface area (Å²) < 4.78 is 5.27. The van der Waals surface area contributed by atoms with Crippen LogP contribution in [0.15, 0.2) is 4.52 Å². The van der Waals surface area contributed by atoms with Gasteiger partial charge in [0.1, 0.15) is 0 Å². The van der Waals surface area contributed by atoms with Crippen LogP contribution in [0.4, 0.5) is 0 Å². The van der Waals surface area contributed by atoms with E-state index in [1.54, 1.807) is 0 Å². The first-order valence-corrected chi connectivity index (χ1v) is 5.55. The van der Waals surface area contributed by atoms with E-state index in [1.165, 1.54) is 0 Å². The van der Waals surface area contributed by atoms with Crippen molar-refractivity contribution < 1.29 is 4.52 Å². The molecule has 1 fully saturated rings. The van der Waals surface area contributed by atoms with E-state index in [-0.39, 0.29) is 11.0 Å². The minimum absolute atomic E-state index is 0.0970. The molecule has 0 atom stereocenters. The van der Waals surface area contributed by atoms with Crippen LogP contribution in [-0.2, 0) is 11.0 Å². The average Bonchev–Trinajstić information content (AvgIpc) is 2.69. The number of aromatic nitrogens is 2. The molecule has 0 saturated heterocycles. The summed E-state index contributed by atoms with van der Waals surface area (Å²) in [4.78, 5) is 4.43. The fourth-order valence-corrected chi connectivity index (χ4v) is 1.96. The predicted molar refractivity (Wildman–Crippen MR) is 57.3 cm³/mol. The van der Waals surface area contributed by atoms with Crippen molar-refractivity contribution >= 4 is 0 Å². The molecule has 4 heteroatoms. The molecular weight excluding hydrogens is 190 g/mol. The molecule has 0 bridgehead atoms. The van der Waals surface area contributed by atoms with Gasteiger partial charge in [0.25, 0.3) is 0 Å². The second kappa shape index (κ2) is 3.30. The normalized spacial score (nSPS) is 20.8. The van der Waals surface area contributed by atoms with Gasteiger partial charge >= 0.3 is 0 Å². The van der Waals surface area contributed by atoms with Crippen molar-refractivity contribution in [2.24, 2.45) is 5.73 Å². The van der Waals surface area contributed by atoms with Crippen molar-refractivity contribution in [3.8, 4) is 0 Å². The van der Waals surface area contributed by atoms with Crippen molar-refractivity contribution in [2.75, 3.05) is 0 Å². The third-order valence-corrected chi connectivity index (χ3v) is 3.01. The van der Waals surface area contributed by atoms with Gasteiger partial charge in [-0.25, -0.2) is 0 Å². The van der Waals surface area contributed by atoms with E-state index < -0.39 is 0 Å². The van der Waals surface area contributed by atoms with Crippen LogP contribution in [0, 0.1) is 0 Å². The Kier molecular flexibility index (Phi) is 2.34. The first kappa shape index (κ1) is 10.6. The Bertz CT molecular complexity index is 345. The van der Waals surface area contributed by atoms with Crippen LogP contribution in [-0.4, -0.2) is 10.1 Å². The maximum absolute atomic E-state index is 6.25. The Labute approximate surface area is 90.2 Å². The lowest BCUT2D eigenvalue weighted by Gasteiger charge is -2.18. The second-order valence-corrected chi connectivity index (χ2v) is 5.54. The lowest BCUT2D eigenvalue weighted by Crippen LogP contribution is -2.34. The zero-order chi connectivity index (χ0) is 11.1. The minimum atomic E-state index is -0.340. The van der Waals surface area contributed by atoms with Crippen LogP contribution in [0.2, 0.25) is 0 Å². The molecule has 84 valence electrons. The molecule has 0 aliphatic heterocycles. The summed E-state index contributed by atoms with van der Waals surface area (Å²) in [5.74, 6) is 1.36. The van der Waals surface area contributed by atoms with Crippen LogP contribution in [0.1, 0.15) is 58.2 Å². The van der Waals surface area contributed by atoms with E-state index in [0.29, 0.717) is 11.7 Å². The molecule has 4 nitrogen and oxygen atoms in total. The quantitative estimate of drug-likeness (QED) is 0.769. The van der Waals surface area contributed by atoms with E-state index in [0.717, 1.165) is 25.7 Å². The van der Waals surface area contributed by atoms with E-state index in [1.807, 2.05) is 0 Å². The maximum Gasteiger partial charge on any atom is 0.232 e. The van der Waals surface area contributed by atoms with E-state index >= 15 is 0 Å². The summed E-state index contributed by atoms with van der Waals surface area (Å²) in [5, 5.41) is 4.03. The van der Waals surface area contributed by atoms with Crippen LogP contribution < -0.4 is 5.73 Å². The van der Waals surface area contributed by atoms with Gasteiger partial charge in [-0.15, -0.1) is 0 Å². The number of nitrogens with zero attached hydrogens (tertiary/aromatic N) is 2. The van der Waals surface area contributed by atoms with E-state index in [9.17, 15) is 0 Å². The SMILES string of the molecule is CC(C)(C)c1nc(C2(N)CCCC2)no1. The van der Waals surface area contributed by atoms with Gasteiger partial charge < -0.3 is 10.3 Å². The van der Waals surface area contributed by atoms with Gasteiger partial charge in [0.15, 0.2) is 5.82 Å². The highest BCUT2D eigenvalue weighted by molar-refractivity contribution is 5.09. The molecular formula is C11H19N3O. The Balaban J connectivity index is 2.27. The van der Waals surface area contributed by atoms with Crippen molar-refractivity contribution in [3.63, 3.8) is 0 Å². The summed E-state index contributed by atoms with van der Waals surface area (Å²) in [7, 11) is 0. The summed E-state index contributed by atoms with van der Waals surface area (Å²) >= 11 is 0. The van der Waals surface area contributed by atoms with Crippen molar-refractivity contribution in [1.29, 1.82) is 0 Å². The maximum atomic E-state index is 6.25. The van der Waals surface area contributed by atoms with Gasteiger partial charge in [-0.05, 0) is 12.8 Å². The highest BCUT2D eigenvalue weighted by atomic mass is 16.5. The summed E-state index contributed by atoms with van der Waals surface area (Å²) in [5.41, 5.74) is 5.81. The molecule has 0 unspecified atom stereocenters. The van der Waals surface area contributed by atoms with Crippen LogP contribution in [0.3, 0.4) is 0 Å². The molecule has 2 rings (SSSR count). The molecule has 0 aromatic carbocycles. The molecule has 15 heavy (non-hydrogen) atoms. The molecule has 1 heterocycles.